The van der Waals surface area contributed by atoms with E-state index in [0.29, 0.717) is 0 Å². The maximum absolute atomic E-state index is 14.7. The number of amides is 1. The fourth-order valence-electron chi connectivity index (χ4n) is 2.66. The first-order chi connectivity index (χ1) is 10.9. The predicted octanol–water partition coefficient (Wildman–Crippen LogP) is 4.74. The minimum Gasteiger partial charge on any atom is -0.465 e. The Morgan fingerprint density at radius 3 is 2.21 bits per heavy atom. The number of rotatable bonds is 5. The number of carbonyl (C=O) groups excluding carboxylic acids is 1. The second-order valence-corrected chi connectivity index (χ2v) is 6.56. The highest BCUT2D eigenvalue weighted by Crippen LogP contribution is 2.37. The summed E-state index contributed by atoms with van der Waals surface area (Å²) in [5.74, 6) is -6.60. The molecule has 0 heterocycles. The highest BCUT2D eigenvalue weighted by Gasteiger charge is 2.43. The van der Waals surface area contributed by atoms with Gasteiger partial charge in [0.15, 0.2) is 0 Å². The van der Waals surface area contributed by atoms with E-state index in [1.54, 1.807) is 20.8 Å². The molecule has 1 rings (SSSR count). The van der Waals surface area contributed by atoms with Crippen LogP contribution in [0.1, 0.15) is 58.2 Å². The molecule has 1 atom stereocenters. The van der Waals surface area contributed by atoms with Crippen LogP contribution in [0.15, 0.2) is 18.2 Å². The first-order valence-electron chi connectivity index (χ1n) is 7.57. The maximum atomic E-state index is 14.7. The van der Waals surface area contributed by atoms with E-state index in [1.165, 1.54) is 26.0 Å². The third-order valence-electron chi connectivity index (χ3n) is 3.80. The van der Waals surface area contributed by atoms with Gasteiger partial charge in [0.05, 0.1) is 11.6 Å². The standard InChI is InChI=1S/C17H22F3NO3/c1-6-13(22)17(19,20)12-9-7-8-11(14(12)18)10(2)21(15(23)24)16(3,4)5/h7-10H,6H2,1-5H3,(H,23,24). The molecule has 1 unspecified atom stereocenters. The summed E-state index contributed by atoms with van der Waals surface area (Å²) < 4.78 is 42.9. The number of halogens is 3. The summed E-state index contributed by atoms with van der Waals surface area (Å²) in [5.41, 5.74) is -2.10. The normalized spacial score (nSPS) is 13.5. The van der Waals surface area contributed by atoms with Crippen LogP contribution in [0.25, 0.3) is 0 Å². The van der Waals surface area contributed by atoms with E-state index in [-0.39, 0.29) is 5.56 Å². The molecular weight excluding hydrogens is 323 g/mol. The van der Waals surface area contributed by atoms with Crippen molar-refractivity contribution in [3.8, 4) is 0 Å². The van der Waals surface area contributed by atoms with Gasteiger partial charge in [-0.05, 0) is 33.8 Å². The van der Waals surface area contributed by atoms with Crippen molar-refractivity contribution in [3.63, 3.8) is 0 Å². The molecule has 1 N–H and O–H groups in total. The van der Waals surface area contributed by atoms with Crippen LogP contribution in [0.4, 0.5) is 18.0 Å². The van der Waals surface area contributed by atoms with Crippen molar-refractivity contribution in [2.45, 2.75) is 58.5 Å². The molecule has 0 saturated heterocycles. The highest BCUT2D eigenvalue weighted by molar-refractivity contribution is 5.86. The molecule has 0 saturated carbocycles. The van der Waals surface area contributed by atoms with Crippen LogP contribution in [-0.4, -0.2) is 27.4 Å². The number of ketones is 1. The lowest BCUT2D eigenvalue weighted by Gasteiger charge is -2.38. The van der Waals surface area contributed by atoms with E-state index < -0.39 is 47.2 Å². The van der Waals surface area contributed by atoms with Crippen molar-refractivity contribution in [2.24, 2.45) is 0 Å². The number of alkyl halides is 2. The number of benzene rings is 1. The quantitative estimate of drug-likeness (QED) is 0.839. The van der Waals surface area contributed by atoms with Crippen LogP contribution < -0.4 is 0 Å². The molecule has 0 fully saturated rings. The summed E-state index contributed by atoms with van der Waals surface area (Å²) in [6.45, 7) is 7.55. The van der Waals surface area contributed by atoms with Crippen molar-refractivity contribution in [3.05, 3.63) is 35.1 Å². The van der Waals surface area contributed by atoms with Crippen molar-refractivity contribution in [1.82, 2.24) is 4.90 Å². The Morgan fingerprint density at radius 2 is 1.79 bits per heavy atom. The number of nitrogens with zero attached hydrogens (tertiary/aromatic N) is 1. The molecule has 7 heteroatoms. The van der Waals surface area contributed by atoms with Crippen LogP contribution in [0.5, 0.6) is 0 Å². The first kappa shape index (κ1) is 20.0. The average molecular weight is 345 g/mol. The lowest BCUT2D eigenvalue weighted by atomic mass is 9.94. The van der Waals surface area contributed by atoms with Crippen LogP contribution >= 0.6 is 0 Å². The topological polar surface area (TPSA) is 57.6 Å². The number of hydrogen-bond donors (Lipinski definition) is 1. The Balaban J connectivity index is 3.45. The second kappa shape index (κ2) is 6.83. The molecule has 1 aromatic carbocycles. The van der Waals surface area contributed by atoms with E-state index in [9.17, 15) is 27.9 Å². The fraction of sp³-hybridized carbons (Fsp3) is 0.529. The van der Waals surface area contributed by atoms with Crippen LogP contribution in [0.2, 0.25) is 0 Å². The van der Waals surface area contributed by atoms with E-state index in [0.717, 1.165) is 11.0 Å². The SMILES string of the molecule is CCC(=O)C(F)(F)c1cccc(C(C)N(C(=O)O)C(C)(C)C)c1F. The van der Waals surface area contributed by atoms with Gasteiger partial charge < -0.3 is 5.11 Å². The van der Waals surface area contributed by atoms with E-state index in [2.05, 4.69) is 0 Å². The molecule has 134 valence electrons. The Hall–Kier alpha value is -2.05. The average Bonchev–Trinajstić information content (AvgIpc) is 2.44. The summed E-state index contributed by atoms with van der Waals surface area (Å²) in [4.78, 5) is 23.9. The second-order valence-electron chi connectivity index (χ2n) is 6.56. The monoisotopic (exact) mass is 345 g/mol. The number of Topliss-reactive ketones (excluding diaryl/α,β-unsaturated/α-hetero) is 1. The van der Waals surface area contributed by atoms with Gasteiger partial charge in [0, 0.05) is 17.5 Å². The third kappa shape index (κ3) is 3.71. The van der Waals surface area contributed by atoms with Gasteiger partial charge in [0.1, 0.15) is 5.82 Å². The van der Waals surface area contributed by atoms with Crippen molar-refractivity contribution in [2.75, 3.05) is 0 Å². The molecule has 0 bridgehead atoms. The predicted molar refractivity (Wildman–Crippen MR) is 83.6 cm³/mol. The molecule has 4 nitrogen and oxygen atoms in total. The summed E-state index contributed by atoms with van der Waals surface area (Å²) >= 11 is 0. The molecular formula is C17H22F3NO3. The molecule has 0 spiro atoms. The van der Waals surface area contributed by atoms with Gasteiger partial charge in [-0.25, -0.2) is 9.18 Å². The minimum absolute atomic E-state index is 0.201. The molecule has 0 radical (unpaired) electrons. The summed E-state index contributed by atoms with van der Waals surface area (Å²) in [7, 11) is 0. The number of hydrogen-bond acceptors (Lipinski definition) is 2. The highest BCUT2D eigenvalue weighted by atomic mass is 19.3. The van der Waals surface area contributed by atoms with Gasteiger partial charge in [-0.2, -0.15) is 8.78 Å². The Morgan fingerprint density at radius 1 is 1.25 bits per heavy atom. The molecule has 1 amide bonds. The van der Waals surface area contributed by atoms with Gasteiger partial charge in [-0.1, -0.05) is 19.1 Å². The lowest BCUT2D eigenvalue weighted by Crippen LogP contribution is -2.46. The lowest BCUT2D eigenvalue weighted by molar-refractivity contribution is -0.144. The van der Waals surface area contributed by atoms with Gasteiger partial charge in [-0.3, -0.25) is 9.69 Å². The zero-order chi connectivity index (χ0) is 18.9. The molecule has 0 aliphatic rings. The van der Waals surface area contributed by atoms with Gasteiger partial charge in [0.25, 0.3) is 0 Å². The summed E-state index contributed by atoms with van der Waals surface area (Å²) in [5, 5.41) is 9.39. The Labute approximate surface area is 139 Å². The van der Waals surface area contributed by atoms with Crippen LogP contribution in [0, 0.1) is 5.82 Å². The smallest absolute Gasteiger partial charge is 0.408 e. The van der Waals surface area contributed by atoms with E-state index >= 15 is 0 Å². The largest absolute Gasteiger partial charge is 0.465 e. The van der Waals surface area contributed by atoms with Crippen molar-refractivity contribution in [1.29, 1.82) is 0 Å². The maximum Gasteiger partial charge on any atom is 0.408 e. The van der Waals surface area contributed by atoms with Crippen LogP contribution in [-0.2, 0) is 10.7 Å². The minimum atomic E-state index is -3.95. The Bertz CT molecular complexity index is 638. The summed E-state index contributed by atoms with van der Waals surface area (Å²) in [6.07, 6.45) is -1.73. The van der Waals surface area contributed by atoms with Gasteiger partial charge in [0.2, 0.25) is 5.78 Å². The number of carbonyl (C=O) groups is 2. The van der Waals surface area contributed by atoms with E-state index in [1.807, 2.05) is 0 Å². The fourth-order valence-corrected chi connectivity index (χ4v) is 2.66. The molecule has 0 aliphatic heterocycles. The van der Waals surface area contributed by atoms with E-state index in [4.69, 9.17) is 0 Å². The zero-order valence-corrected chi connectivity index (χ0v) is 14.4. The summed E-state index contributed by atoms with van der Waals surface area (Å²) in [6, 6.07) is 2.29. The first-order valence-corrected chi connectivity index (χ1v) is 7.57. The molecule has 0 aliphatic carbocycles. The van der Waals surface area contributed by atoms with Gasteiger partial charge >= 0.3 is 12.0 Å². The van der Waals surface area contributed by atoms with Gasteiger partial charge in [-0.15, -0.1) is 0 Å². The zero-order valence-electron chi connectivity index (χ0n) is 14.4. The number of carboxylic acid groups (broad SMARTS) is 1. The van der Waals surface area contributed by atoms with Crippen molar-refractivity contribution >= 4 is 11.9 Å². The van der Waals surface area contributed by atoms with Crippen molar-refractivity contribution < 1.29 is 27.9 Å². The molecule has 1 aromatic rings. The molecule has 24 heavy (non-hydrogen) atoms. The van der Waals surface area contributed by atoms with Crippen LogP contribution in [0.3, 0.4) is 0 Å². The Kier molecular flexibility index (Phi) is 5.69. The third-order valence-corrected chi connectivity index (χ3v) is 3.80. The molecule has 0 aromatic heterocycles.